The molecule has 1 aliphatic heterocycles. The van der Waals surface area contributed by atoms with Crippen LogP contribution in [0.25, 0.3) is 11.4 Å². The van der Waals surface area contributed by atoms with Gasteiger partial charge in [0.1, 0.15) is 0 Å². The standard InChI is InChI=1S/C21H22N4O2/c26-21(22-18-11-5-2-6-12-18)17-10-7-13-25(14-17)15-19-23-20(24-27-19)16-8-3-1-4-9-16/h1-6,8-9,11-12,17H,7,10,13-15H2,(H,22,26). The zero-order valence-electron chi connectivity index (χ0n) is 15.0. The number of hydrogen-bond acceptors (Lipinski definition) is 5. The fourth-order valence-corrected chi connectivity index (χ4v) is 3.39. The van der Waals surface area contributed by atoms with E-state index in [2.05, 4.69) is 20.4 Å². The lowest BCUT2D eigenvalue weighted by Gasteiger charge is -2.30. The highest BCUT2D eigenvalue weighted by molar-refractivity contribution is 5.92. The topological polar surface area (TPSA) is 71.3 Å². The summed E-state index contributed by atoms with van der Waals surface area (Å²) in [6.07, 6.45) is 1.88. The fourth-order valence-electron chi connectivity index (χ4n) is 3.39. The van der Waals surface area contributed by atoms with Crippen LogP contribution in [0.5, 0.6) is 0 Å². The number of hydrogen-bond donors (Lipinski definition) is 1. The first kappa shape index (κ1) is 17.4. The van der Waals surface area contributed by atoms with Crippen molar-refractivity contribution in [3.05, 3.63) is 66.6 Å². The molecule has 138 valence electrons. The van der Waals surface area contributed by atoms with Crippen LogP contribution in [0.2, 0.25) is 0 Å². The number of amides is 1. The van der Waals surface area contributed by atoms with Gasteiger partial charge in [0.15, 0.2) is 0 Å². The Kier molecular flexibility index (Phi) is 5.25. The summed E-state index contributed by atoms with van der Waals surface area (Å²) in [5.74, 6) is 1.22. The van der Waals surface area contributed by atoms with Gasteiger partial charge in [0.25, 0.3) is 0 Å². The van der Waals surface area contributed by atoms with Gasteiger partial charge < -0.3 is 9.84 Å². The first-order chi connectivity index (χ1) is 13.3. The molecule has 0 saturated carbocycles. The number of nitrogens with zero attached hydrogens (tertiary/aromatic N) is 3. The Morgan fingerprint density at radius 1 is 1.11 bits per heavy atom. The van der Waals surface area contributed by atoms with Gasteiger partial charge in [-0.1, -0.05) is 53.7 Å². The van der Waals surface area contributed by atoms with E-state index < -0.39 is 0 Å². The molecule has 1 amide bonds. The summed E-state index contributed by atoms with van der Waals surface area (Å²) in [4.78, 5) is 19.3. The van der Waals surface area contributed by atoms with E-state index in [9.17, 15) is 4.79 Å². The zero-order chi connectivity index (χ0) is 18.5. The van der Waals surface area contributed by atoms with Crippen molar-refractivity contribution < 1.29 is 9.32 Å². The number of carbonyl (C=O) groups is 1. The molecule has 1 saturated heterocycles. The molecule has 3 aromatic rings. The second-order valence-electron chi connectivity index (χ2n) is 6.81. The molecule has 6 nitrogen and oxygen atoms in total. The summed E-state index contributed by atoms with van der Waals surface area (Å²) in [5, 5.41) is 7.07. The van der Waals surface area contributed by atoms with Crippen LogP contribution in [0.4, 0.5) is 5.69 Å². The third-order valence-electron chi connectivity index (χ3n) is 4.78. The minimum absolute atomic E-state index is 0.0320. The van der Waals surface area contributed by atoms with Gasteiger partial charge in [0.05, 0.1) is 12.5 Å². The van der Waals surface area contributed by atoms with E-state index in [1.165, 1.54) is 0 Å². The molecule has 1 aromatic heterocycles. The highest BCUT2D eigenvalue weighted by atomic mass is 16.5. The molecule has 1 fully saturated rings. The molecule has 27 heavy (non-hydrogen) atoms. The van der Waals surface area contributed by atoms with Crippen molar-refractivity contribution in [1.29, 1.82) is 0 Å². The molecule has 0 aliphatic carbocycles. The van der Waals surface area contributed by atoms with Crippen LogP contribution >= 0.6 is 0 Å². The van der Waals surface area contributed by atoms with Gasteiger partial charge in [0.2, 0.25) is 17.6 Å². The van der Waals surface area contributed by atoms with E-state index >= 15 is 0 Å². The van der Waals surface area contributed by atoms with E-state index in [1.807, 2.05) is 60.7 Å². The van der Waals surface area contributed by atoms with Crippen LogP contribution in [0.15, 0.2) is 65.2 Å². The second kappa shape index (κ2) is 8.14. The van der Waals surface area contributed by atoms with Crippen molar-refractivity contribution in [1.82, 2.24) is 15.0 Å². The highest BCUT2D eigenvalue weighted by Crippen LogP contribution is 2.21. The Balaban J connectivity index is 1.36. The van der Waals surface area contributed by atoms with Crippen molar-refractivity contribution in [2.24, 2.45) is 5.92 Å². The lowest BCUT2D eigenvalue weighted by molar-refractivity contribution is -0.121. The van der Waals surface area contributed by atoms with Crippen molar-refractivity contribution in [2.45, 2.75) is 19.4 Å². The monoisotopic (exact) mass is 362 g/mol. The van der Waals surface area contributed by atoms with E-state index in [0.29, 0.717) is 24.8 Å². The number of nitrogens with one attached hydrogen (secondary N) is 1. The number of piperidine rings is 1. The minimum Gasteiger partial charge on any atom is -0.338 e. The summed E-state index contributed by atoms with van der Waals surface area (Å²) in [6.45, 7) is 2.19. The summed E-state index contributed by atoms with van der Waals surface area (Å²) in [5.41, 5.74) is 1.77. The lowest BCUT2D eigenvalue weighted by atomic mass is 9.97. The van der Waals surface area contributed by atoms with Crippen LogP contribution < -0.4 is 5.32 Å². The van der Waals surface area contributed by atoms with E-state index in [0.717, 1.165) is 30.6 Å². The number of carbonyl (C=O) groups excluding carboxylic acids is 1. The predicted molar refractivity (Wildman–Crippen MR) is 103 cm³/mol. The molecule has 1 unspecified atom stereocenters. The largest absolute Gasteiger partial charge is 0.338 e. The summed E-state index contributed by atoms with van der Waals surface area (Å²) >= 11 is 0. The number of rotatable bonds is 5. The number of aromatic nitrogens is 2. The molecule has 4 rings (SSSR count). The van der Waals surface area contributed by atoms with Gasteiger partial charge in [-0.05, 0) is 31.5 Å². The van der Waals surface area contributed by atoms with Crippen LogP contribution in [-0.4, -0.2) is 34.0 Å². The Morgan fingerprint density at radius 2 is 1.85 bits per heavy atom. The molecular formula is C21H22N4O2. The van der Waals surface area contributed by atoms with Gasteiger partial charge in [-0.15, -0.1) is 0 Å². The second-order valence-corrected chi connectivity index (χ2v) is 6.81. The Labute approximate surface area is 158 Å². The molecule has 0 bridgehead atoms. The minimum atomic E-state index is -0.0320. The first-order valence-electron chi connectivity index (χ1n) is 9.24. The average Bonchev–Trinajstić information content (AvgIpc) is 3.18. The van der Waals surface area contributed by atoms with Crippen LogP contribution in [0.3, 0.4) is 0 Å². The van der Waals surface area contributed by atoms with Crippen LogP contribution in [-0.2, 0) is 11.3 Å². The number of likely N-dealkylation sites (tertiary alicyclic amines) is 1. The Hall–Kier alpha value is -2.99. The molecule has 0 spiro atoms. The van der Waals surface area contributed by atoms with Crippen LogP contribution in [0, 0.1) is 5.92 Å². The van der Waals surface area contributed by atoms with Gasteiger partial charge in [0, 0.05) is 17.8 Å². The highest BCUT2D eigenvalue weighted by Gasteiger charge is 2.27. The number of anilines is 1. The Bertz CT molecular complexity index is 879. The van der Waals surface area contributed by atoms with Crippen molar-refractivity contribution in [3.63, 3.8) is 0 Å². The van der Waals surface area contributed by atoms with Gasteiger partial charge in [-0.25, -0.2) is 0 Å². The van der Waals surface area contributed by atoms with Crippen molar-refractivity contribution in [3.8, 4) is 11.4 Å². The maximum absolute atomic E-state index is 12.6. The van der Waals surface area contributed by atoms with Crippen molar-refractivity contribution >= 4 is 11.6 Å². The smallest absolute Gasteiger partial charge is 0.241 e. The van der Waals surface area contributed by atoms with Crippen LogP contribution in [0.1, 0.15) is 18.7 Å². The predicted octanol–water partition coefficient (Wildman–Crippen LogP) is 3.59. The van der Waals surface area contributed by atoms with Crippen molar-refractivity contribution in [2.75, 3.05) is 18.4 Å². The zero-order valence-corrected chi connectivity index (χ0v) is 15.0. The maximum atomic E-state index is 12.6. The first-order valence-corrected chi connectivity index (χ1v) is 9.24. The van der Waals surface area contributed by atoms with Gasteiger partial charge in [-0.2, -0.15) is 4.98 Å². The number of para-hydroxylation sites is 1. The lowest BCUT2D eigenvalue weighted by Crippen LogP contribution is -2.40. The van der Waals surface area contributed by atoms with E-state index in [1.54, 1.807) is 0 Å². The maximum Gasteiger partial charge on any atom is 0.241 e. The summed E-state index contributed by atoms with van der Waals surface area (Å²) < 4.78 is 5.41. The van der Waals surface area contributed by atoms with Gasteiger partial charge >= 0.3 is 0 Å². The normalized spacial score (nSPS) is 17.6. The summed E-state index contributed by atoms with van der Waals surface area (Å²) in [7, 11) is 0. The number of benzene rings is 2. The molecular weight excluding hydrogens is 340 g/mol. The molecule has 1 N–H and O–H groups in total. The summed E-state index contributed by atoms with van der Waals surface area (Å²) in [6, 6.07) is 19.4. The molecule has 2 aromatic carbocycles. The van der Waals surface area contributed by atoms with Gasteiger partial charge in [-0.3, -0.25) is 9.69 Å². The molecule has 6 heteroatoms. The molecule has 2 heterocycles. The third-order valence-corrected chi connectivity index (χ3v) is 4.78. The third kappa shape index (κ3) is 4.41. The van der Waals surface area contributed by atoms with E-state index in [4.69, 9.17) is 4.52 Å². The quantitative estimate of drug-likeness (QED) is 0.751. The molecule has 0 radical (unpaired) electrons. The molecule has 1 aliphatic rings. The molecule has 1 atom stereocenters. The SMILES string of the molecule is O=C(Nc1ccccc1)C1CCCN(Cc2nc(-c3ccccc3)no2)C1. The Morgan fingerprint density at radius 3 is 2.63 bits per heavy atom. The average molecular weight is 362 g/mol. The van der Waals surface area contributed by atoms with E-state index in [-0.39, 0.29) is 11.8 Å². The fraction of sp³-hybridized carbons (Fsp3) is 0.286.